The fourth-order valence-corrected chi connectivity index (χ4v) is 3.65. The molecular formula is C20H18Cl2N4. The van der Waals surface area contributed by atoms with E-state index >= 15 is 0 Å². The predicted octanol–water partition coefficient (Wildman–Crippen LogP) is 5.61. The number of fused-ring (bicyclic) bond motifs is 1. The maximum atomic E-state index is 6.45. The second kappa shape index (κ2) is 6.23. The highest BCUT2D eigenvalue weighted by Gasteiger charge is 2.29. The van der Waals surface area contributed by atoms with Crippen molar-refractivity contribution in [1.82, 2.24) is 15.4 Å². The van der Waals surface area contributed by atoms with E-state index in [0.717, 1.165) is 27.9 Å². The van der Waals surface area contributed by atoms with Crippen LogP contribution >= 0.6 is 23.2 Å². The van der Waals surface area contributed by atoms with Crippen LogP contribution in [-0.2, 0) is 0 Å². The summed E-state index contributed by atoms with van der Waals surface area (Å²) in [5.41, 5.74) is 6.74. The maximum absolute atomic E-state index is 6.45. The average Bonchev–Trinajstić information content (AvgIpc) is 2.87. The summed E-state index contributed by atoms with van der Waals surface area (Å²) in [6.45, 7) is 6.24. The lowest BCUT2D eigenvalue weighted by molar-refractivity contribution is 0.505. The Balaban J connectivity index is 1.97. The lowest BCUT2D eigenvalue weighted by Crippen LogP contribution is -2.43. The van der Waals surface area contributed by atoms with Gasteiger partial charge in [-0.15, -0.1) is 0 Å². The van der Waals surface area contributed by atoms with Gasteiger partial charge in [-0.3, -0.25) is 0 Å². The first-order valence-corrected chi connectivity index (χ1v) is 9.09. The molecule has 1 aliphatic rings. The van der Waals surface area contributed by atoms with Crippen LogP contribution in [0.1, 0.15) is 20.8 Å². The molecule has 0 saturated heterocycles. The van der Waals surface area contributed by atoms with Crippen LogP contribution in [0, 0.1) is 0 Å². The normalized spacial score (nSPS) is 16.2. The van der Waals surface area contributed by atoms with E-state index in [-0.39, 0.29) is 5.54 Å². The summed E-state index contributed by atoms with van der Waals surface area (Å²) in [6, 6.07) is 13.3. The summed E-state index contributed by atoms with van der Waals surface area (Å²) in [6.07, 6.45) is 2.15. The third-order valence-electron chi connectivity index (χ3n) is 4.30. The molecule has 1 aromatic heterocycles. The van der Waals surface area contributed by atoms with Crippen LogP contribution in [0.15, 0.2) is 54.2 Å². The minimum absolute atomic E-state index is 0.160. The van der Waals surface area contributed by atoms with Crippen LogP contribution in [0.5, 0.6) is 0 Å². The SMILES string of the molecule is CC1=CC(C)(C)NN1c1nc(-c2ccccc2Cl)c2cc(Cl)ccc2n1. The molecule has 0 unspecified atom stereocenters. The Morgan fingerprint density at radius 2 is 1.81 bits per heavy atom. The summed E-state index contributed by atoms with van der Waals surface area (Å²) in [7, 11) is 0. The smallest absolute Gasteiger partial charge is 0.245 e. The lowest BCUT2D eigenvalue weighted by Gasteiger charge is -2.24. The molecule has 2 heterocycles. The molecule has 0 atom stereocenters. The number of hydrogen-bond acceptors (Lipinski definition) is 4. The molecule has 0 radical (unpaired) electrons. The van der Waals surface area contributed by atoms with Crippen LogP contribution in [0.3, 0.4) is 0 Å². The number of allylic oxidation sites excluding steroid dienone is 1. The van der Waals surface area contributed by atoms with Crippen molar-refractivity contribution >= 4 is 40.1 Å². The molecule has 1 aliphatic heterocycles. The first kappa shape index (κ1) is 17.3. The maximum Gasteiger partial charge on any atom is 0.245 e. The van der Waals surface area contributed by atoms with Crippen molar-refractivity contribution < 1.29 is 0 Å². The van der Waals surface area contributed by atoms with Crippen molar-refractivity contribution in [2.24, 2.45) is 0 Å². The quantitative estimate of drug-likeness (QED) is 0.623. The Labute approximate surface area is 162 Å². The van der Waals surface area contributed by atoms with Crippen LogP contribution in [0.4, 0.5) is 5.95 Å². The van der Waals surface area contributed by atoms with Crippen LogP contribution < -0.4 is 10.4 Å². The number of aromatic nitrogens is 2. The third kappa shape index (κ3) is 3.05. The minimum Gasteiger partial charge on any atom is -0.247 e. The van der Waals surface area contributed by atoms with E-state index in [2.05, 4.69) is 25.3 Å². The van der Waals surface area contributed by atoms with Gasteiger partial charge in [0.1, 0.15) is 0 Å². The molecule has 4 rings (SSSR count). The van der Waals surface area contributed by atoms with Gasteiger partial charge in [0.2, 0.25) is 5.95 Å². The zero-order chi connectivity index (χ0) is 18.5. The van der Waals surface area contributed by atoms with Gasteiger partial charge in [0.25, 0.3) is 0 Å². The summed E-state index contributed by atoms with van der Waals surface area (Å²) >= 11 is 12.7. The molecule has 6 heteroatoms. The van der Waals surface area contributed by atoms with Gasteiger partial charge < -0.3 is 0 Å². The molecular weight excluding hydrogens is 367 g/mol. The number of hydrazine groups is 1. The first-order chi connectivity index (χ1) is 12.3. The van der Waals surface area contributed by atoms with Gasteiger partial charge in [0, 0.05) is 26.7 Å². The van der Waals surface area contributed by atoms with Gasteiger partial charge in [0.15, 0.2) is 0 Å². The van der Waals surface area contributed by atoms with Crippen LogP contribution in [0.2, 0.25) is 10.0 Å². The number of nitrogens with zero attached hydrogens (tertiary/aromatic N) is 3. The lowest BCUT2D eigenvalue weighted by atomic mass is 10.1. The van der Waals surface area contributed by atoms with Crippen molar-refractivity contribution in [2.45, 2.75) is 26.3 Å². The van der Waals surface area contributed by atoms with Crippen molar-refractivity contribution in [1.29, 1.82) is 0 Å². The Hall–Kier alpha value is -2.14. The molecule has 26 heavy (non-hydrogen) atoms. The number of hydrogen-bond donors (Lipinski definition) is 1. The van der Waals surface area contributed by atoms with Crippen molar-refractivity contribution in [2.75, 3.05) is 5.01 Å². The Kier molecular flexibility index (Phi) is 4.14. The molecule has 4 nitrogen and oxygen atoms in total. The van der Waals surface area contributed by atoms with Crippen molar-refractivity contribution in [3.63, 3.8) is 0 Å². The largest absolute Gasteiger partial charge is 0.247 e. The molecule has 0 aliphatic carbocycles. The van der Waals surface area contributed by atoms with E-state index < -0.39 is 0 Å². The summed E-state index contributed by atoms with van der Waals surface area (Å²) < 4.78 is 0. The van der Waals surface area contributed by atoms with Gasteiger partial charge in [-0.05, 0) is 51.1 Å². The molecule has 0 amide bonds. The van der Waals surface area contributed by atoms with Crippen LogP contribution in [-0.4, -0.2) is 15.5 Å². The van der Waals surface area contributed by atoms with Gasteiger partial charge in [-0.25, -0.2) is 20.4 Å². The number of nitrogens with one attached hydrogen (secondary N) is 1. The first-order valence-electron chi connectivity index (χ1n) is 8.34. The fraction of sp³-hybridized carbons (Fsp3) is 0.200. The highest BCUT2D eigenvalue weighted by Crippen LogP contribution is 2.35. The number of benzene rings is 2. The molecule has 0 saturated carbocycles. The zero-order valence-corrected chi connectivity index (χ0v) is 16.2. The molecule has 1 N–H and O–H groups in total. The molecule has 0 bridgehead atoms. The standard InChI is InChI=1S/C20H18Cl2N4/c1-12-11-20(2,3)25-26(12)19-23-17-9-8-13(21)10-15(17)18(24-19)14-6-4-5-7-16(14)22/h4-11,25H,1-3H3. The molecule has 0 fully saturated rings. The Bertz CT molecular complexity index is 1040. The van der Waals surface area contributed by atoms with E-state index in [4.69, 9.17) is 33.2 Å². The summed E-state index contributed by atoms with van der Waals surface area (Å²) in [4.78, 5) is 9.58. The Morgan fingerprint density at radius 3 is 2.50 bits per heavy atom. The van der Waals surface area contributed by atoms with Crippen LogP contribution in [0.25, 0.3) is 22.2 Å². The number of anilines is 1. The fourth-order valence-electron chi connectivity index (χ4n) is 3.25. The molecule has 3 aromatic rings. The highest BCUT2D eigenvalue weighted by atomic mass is 35.5. The predicted molar refractivity (Wildman–Crippen MR) is 108 cm³/mol. The second-order valence-corrected chi connectivity index (χ2v) is 7.81. The third-order valence-corrected chi connectivity index (χ3v) is 4.86. The van der Waals surface area contributed by atoms with E-state index in [1.165, 1.54) is 0 Å². The van der Waals surface area contributed by atoms with E-state index in [9.17, 15) is 0 Å². The monoisotopic (exact) mass is 384 g/mol. The highest BCUT2D eigenvalue weighted by molar-refractivity contribution is 6.34. The topological polar surface area (TPSA) is 41.0 Å². The summed E-state index contributed by atoms with van der Waals surface area (Å²) in [5.74, 6) is 0.578. The average molecular weight is 385 g/mol. The Morgan fingerprint density at radius 1 is 1.04 bits per heavy atom. The van der Waals surface area contributed by atoms with Gasteiger partial charge in [0.05, 0.1) is 16.7 Å². The van der Waals surface area contributed by atoms with Gasteiger partial charge in [-0.1, -0.05) is 41.4 Å². The molecule has 132 valence electrons. The van der Waals surface area contributed by atoms with Gasteiger partial charge >= 0.3 is 0 Å². The number of rotatable bonds is 2. The van der Waals surface area contributed by atoms with E-state index in [1.807, 2.05) is 54.4 Å². The zero-order valence-electron chi connectivity index (χ0n) is 14.7. The van der Waals surface area contributed by atoms with E-state index in [1.54, 1.807) is 0 Å². The van der Waals surface area contributed by atoms with E-state index in [0.29, 0.717) is 16.0 Å². The number of halogens is 2. The molecule has 2 aromatic carbocycles. The second-order valence-electron chi connectivity index (χ2n) is 6.97. The van der Waals surface area contributed by atoms with Gasteiger partial charge in [-0.2, -0.15) is 0 Å². The minimum atomic E-state index is -0.160. The van der Waals surface area contributed by atoms with Crippen molar-refractivity contribution in [3.8, 4) is 11.3 Å². The molecule has 0 spiro atoms. The summed E-state index contributed by atoms with van der Waals surface area (Å²) in [5, 5.41) is 4.06. The van der Waals surface area contributed by atoms with Crippen molar-refractivity contribution in [3.05, 3.63) is 64.3 Å².